The Morgan fingerprint density at radius 2 is 2.08 bits per heavy atom. The molecule has 0 fully saturated rings. The summed E-state index contributed by atoms with van der Waals surface area (Å²) >= 11 is 0. The molecular weight excluding hydrogens is 154 g/mol. The first-order valence-corrected chi connectivity index (χ1v) is 3.54. The van der Waals surface area contributed by atoms with Crippen molar-refractivity contribution in [1.29, 1.82) is 0 Å². The molecule has 0 saturated carbocycles. The number of nitrogens with one attached hydrogen (secondary N) is 2. The van der Waals surface area contributed by atoms with Gasteiger partial charge in [-0.3, -0.25) is 9.89 Å². The van der Waals surface area contributed by atoms with Crippen LogP contribution in [0.1, 0.15) is 0 Å². The second-order valence-corrected chi connectivity index (χ2v) is 2.43. The highest BCUT2D eigenvalue weighted by molar-refractivity contribution is 5.59. The fourth-order valence-corrected chi connectivity index (χ4v) is 0.999. The van der Waals surface area contributed by atoms with Crippen molar-refractivity contribution in [2.75, 3.05) is 0 Å². The third kappa shape index (κ3) is 1.14. The Kier molecular flexibility index (Phi) is 1.51. The van der Waals surface area contributed by atoms with Crippen LogP contribution in [-0.4, -0.2) is 15.2 Å². The van der Waals surface area contributed by atoms with Crippen molar-refractivity contribution >= 4 is 0 Å². The fourth-order valence-electron chi connectivity index (χ4n) is 0.999. The highest BCUT2D eigenvalue weighted by atomic mass is 16.1. The Hall–Kier alpha value is -1.84. The number of hydrogen-bond donors (Lipinski definition) is 2. The Morgan fingerprint density at radius 1 is 1.17 bits per heavy atom. The molecule has 0 spiro atoms. The molecule has 2 N–H and O–H groups in total. The monoisotopic (exact) mass is 161 g/mol. The van der Waals surface area contributed by atoms with E-state index in [9.17, 15) is 4.79 Å². The predicted octanol–water partition coefficient (Wildman–Crippen LogP) is 0.765. The molecule has 0 aromatic carbocycles. The van der Waals surface area contributed by atoms with Gasteiger partial charge < -0.3 is 4.98 Å². The fraction of sp³-hybridized carbons (Fsp3) is 0. The maximum Gasteiger partial charge on any atom is 0.247 e. The molecule has 0 atom stereocenters. The second-order valence-electron chi connectivity index (χ2n) is 2.43. The van der Waals surface area contributed by atoms with Crippen molar-refractivity contribution in [3.05, 3.63) is 41.1 Å². The maximum atomic E-state index is 10.7. The second kappa shape index (κ2) is 2.65. The van der Waals surface area contributed by atoms with E-state index in [0.717, 1.165) is 11.1 Å². The Bertz CT molecular complexity index is 396. The van der Waals surface area contributed by atoms with Crippen LogP contribution >= 0.6 is 0 Å². The molecule has 0 aliphatic carbocycles. The van der Waals surface area contributed by atoms with Crippen molar-refractivity contribution in [2.45, 2.75) is 0 Å². The van der Waals surface area contributed by atoms with E-state index in [2.05, 4.69) is 15.2 Å². The van der Waals surface area contributed by atoms with Gasteiger partial charge in [-0.25, -0.2) is 0 Å². The van der Waals surface area contributed by atoms with Gasteiger partial charge in [0, 0.05) is 29.6 Å². The maximum absolute atomic E-state index is 10.7. The lowest BCUT2D eigenvalue weighted by molar-refractivity contribution is 1.09. The summed E-state index contributed by atoms with van der Waals surface area (Å²) < 4.78 is 0. The SMILES string of the molecule is O=c1ccc(-c2cn[nH]c2)c[nH]1. The van der Waals surface area contributed by atoms with Gasteiger partial charge in [0.25, 0.3) is 0 Å². The molecule has 2 aromatic heterocycles. The summed E-state index contributed by atoms with van der Waals surface area (Å²) in [6.45, 7) is 0. The third-order valence-corrected chi connectivity index (χ3v) is 1.62. The quantitative estimate of drug-likeness (QED) is 0.648. The Balaban J connectivity index is 2.49. The molecule has 12 heavy (non-hydrogen) atoms. The molecule has 2 aromatic rings. The van der Waals surface area contributed by atoms with Gasteiger partial charge in [-0.2, -0.15) is 5.10 Å². The van der Waals surface area contributed by atoms with Crippen LogP contribution in [0.25, 0.3) is 11.1 Å². The molecule has 4 nitrogen and oxygen atoms in total. The lowest BCUT2D eigenvalue weighted by Crippen LogP contribution is -2.00. The number of aromatic nitrogens is 3. The zero-order valence-corrected chi connectivity index (χ0v) is 6.24. The van der Waals surface area contributed by atoms with Crippen LogP contribution < -0.4 is 5.56 Å². The third-order valence-electron chi connectivity index (χ3n) is 1.62. The van der Waals surface area contributed by atoms with Gasteiger partial charge in [0.2, 0.25) is 5.56 Å². The number of aromatic amines is 2. The summed E-state index contributed by atoms with van der Waals surface area (Å²) in [5, 5.41) is 6.50. The van der Waals surface area contributed by atoms with Crippen molar-refractivity contribution in [1.82, 2.24) is 15.2 Å². The van der Waals surface area contributed by atoms with Crippen LogP contribution in [0.3, 0.4) is 0 Å². The Morgan fingerprint density at radius 3 is 2.67 bits per heavy atom. The topological polar surface area (TPSA) is 61.5 Å². The van der Waals surface area contributed by atoms with Gasteiger partial charge in [0.1, 0.15) is 0 Å². The van der Waals surface area contributed by atoms with Crippen LogP contribution in [0.4, 0.5) is 0 Å². The molecule has 0 saturated heterocycles. The normalized spacial score (nSPS) is 10.0. The predicted molar refractivity (Wildman–Crippen MR) is 44.6 cm³/mol. The number of H-pyrrole nitrogens is 2. The van der Waals surface area contributed by atoms with Gasteiger partial charge in [-0.15, -0.1) is 0 Å². The first kappa shape index (κ1) is 6.84. The molecule has 0 amide bonds. The molecule has 4 heteroatoms. The average Bonchev–Trinajstić information content (AvgIpc) is 2.58. The first-order valence-electron chi connectivity index (χ1n) is 3.54. The largest absolute Gasteiger partial charge is 0.328 e. The molecule has 2 rings (SSSR count). The summed E-state index contributed by atoms with van der Waals surface area (Å²) in [7, 11) is 0. The molecule has 0 aliphatic heterocycles. The summed E-state index contributed by atoms with van der Waals surface area (Å²) in [4.78, 5) is 13.3. The van der Waals surface area contributed by atoms with E-state index in [0.29, 0.717) is 0 Å². The van der Waals surface area contributed by atoms with Gasteiger partial charge in [-0.1, -0.05) is 0 Å². The molecule has 0 bridgehead atoms. The van der Waals surface area contributed by atoms with Crippen molar-refractivity contribution in [2.24, 2.45) is 0 Å². The zero-order valence-electron chi connectivity index (χ0n) is 6.24. The molecule has 60 valence electrons. The highest BCUT2D eigenvalue weighted by Crippen LogP contribution is 2.13. The number of hydrogen-bond acceptors (Lipinski definition) is 2. The standard InChI is InChI=1S/C8H7N3O/c12-8-2-1-6(3-9-8)7-4-10-11-5-7/h1-5H,(H,9,12)(H,10,11). The lowest BCUT2D eigenvalue weighted by atomic mass is 10.2. The summed E-state index contributed by atoms with van der Waals surface area (Å²) in [5.41, 5.74) is 1.82. The first-order chi connectivity index (χ1) is 5.86. The van der Waals surface area contributed by atoms with Crippen LogP contribution in [0.15, 0.2) is 35.5 Å². The summed E-state index contributed by atoms with van der Waals surface area (Å²) in [6.07, 6.45) is 5.13. The van der Waals surface area contributed by atoms with E-state index in [1.165, 1.54) is 6.07 Å². The Labute approximate surface area is 68.3 Å². The van der Waals surface area contributed by atoms with E-state index < -0.39 is 0 Å². The molecule has 0 aliphatic rings. The molecule has 2 heterocycles. The summed E-state index contributed by atoms with van der Waals surface area (Å²) in [6, 6.07) is 3.24. The molecular formula is C8H7N3O. The van der Waals surface area contributed by atoms with Gasteiger partial charge in [0.05, 0.1) is 6.20 Å². The minimum atomic E-state index is -0.0951. The zero-order chi connectivity index (χ0) is 8.39. The van der Waals surface area contributed by atoms with Gasteiger partial charge in [0.15, 0.2) is 0 Å². The van der Waals surface area contributed by atoms with Crippen LogP contribution in [0, 0.1) is 0 Å². The minimum Gasteiger partial charge on any atom is -0.328 e. The smallest absolute Gasteiger partial charge is 0.247 e. The molecule has 0 radical (unpaired) electrons. The van der Waals surface area contributed by atoms with E-state index in [4.69, 9.17) is 0 Å². The van der Waals surface area contributed by atoms with Crippen LogP contribution in [0.2, 0.25) is 0 Å². The van der Waals surface area contributed by atoms with E-state index >= 15 is 0 Å². The minimum absolute atomic E-state index is 0.0951. The van der Waals surface area contributed by atoms with Crippen LogP contribution in [0.5, 0.6) is 0 Å². The average molecular weight is 161 g/mol. The molecule has 0 unspecified atom stereocenters. The number of rotatable bonds is 1. The van der Waals surface area contributed by atoms with E-state index in [1.807, 2.05) is 0 Å². The summed E-state index contributed by atoms with van der Waals surface area (Å²) in [5.74, 6) is 0. The van der Waals surface area contributed by atoms with Crippen molar-refractivity contribution < 1.29 is 0 Å². The number of pyridine rings is 1. The lowest BCUT2D eigenvalue weighted by Gasteiger charge is -1.92. The van der Waals surface area contributed by atoms with Gasteiger partial charge >= 0.3 is 0 Å². The van der Waals surface area contributed by atoms with E-state index in [1.54, 1.807) is 24.7 Å². The van der Waals surface area contributed by atoms with Crippen LogP contribution in [-0.2, 0) is 0 Å². The number of nitrogens with zero attached hydrogens (tertiary/aromatic N) is 1. The van der Waals surface area contributed by atoms with Gasteiger partial charge in [-0.05, 0) is 6.07 Å². The van der Waals surface area contributed by atoms with Crippen molar-refractivity contribution in [3.8, 4) is 11.1 Å². The highest BCUT2D eigenvalue weighted by Gasteiger charge is 1.96. The van der Waals surface area contributed by atoms with Crippen molar-refractivity contribution in [3.63, 3.8) is 0 Å². The van der Waals surface area contributed by atoms with E-state index in [-0.39, 0.29) is 5.56 Å².